The van der Waals surface area contributed by atoms with Gasteiger partial charge in [0.05, 0.1) is 0 Å². The highest BCUT2D eigenvalue weighted by molar-refractivity contribution is 5.85. The van der Waals surface area contributed by atoms with E-state index >= 15 is 0 Å². The van der Waals surface area contributed by atoms with Crippen LogP contribution >= 0.6 is 12.4 Å². The number of likely N-dealkylation sites (tertiary alicyclic amines) is 1. The van der Waals surface area contributed by atoms with E-state index in [0.717, 1.165) is 38.9 Å². The fourth-order valence-corrected chi connectivity index (χ4v) is 3.90. The lowest BCUT2D eigenvalue weighted by atomic mass is 9.88. The van der Waals surface area contributed by atoms with Gasteiger partial charge in [-0.25, -0.2) is 0 Å². The molecule has 132 valence electrons. The van der Waals surface area contributed by atoms with E-state index in [2.05, 4.69) is 10.6 Å². The van der Waals surface area contributed by atoms with E-state index < -0.39 is 0 Å². The van der Waals surface area contributed by atoms with Crippen molar-refractivity contribution in [2.45, 2.75) is 51.5 Å². The minimum atomic E-state index is 0. The molecular formula is C17H30ClN3O2. The smallest absolute Gasteiger partial charge is 0.225 e. The topological polar surface area (TPSA) is 61.4 Å². The molecule has 2 saturated heterocycles. The monoisotopic (exact) mass is 343 g/mol. The minimum absolute atomic E-state index is 0. The van der Waals surface area contributed by atoms with Crippen LogP contribution in [0, 0.1) is 17.8 Å². The fraction of sp³-hybridized carbons (Fsp3) is 0.882. The van der Waals surface area contributed by atoms with E-state index in [9.17, 15) is 9.59 Å². The maximum absolute atomic E-state index is 12.5. The molecule has 6 heteroatoms. The van der Waals surface area contributed by atoms with Crippen LogP contribution in [0.4, 0.5) is 0 Å². The van der Waals surface area contributed by atoms with Crippen LogP contribution in [0.5, 0.6) is 0 Å². The molecule has 2 aliphatic heterocycles. The van der Waals surface area contributed by atoms with Crippen LogP contribution in [0.2, 0.25) is 0 Å². The summed E-state index contributed by atoms with van der Waals surface area (Å²) in [7, 11) is 0. The maximum atomic E-state index is 12.5. The molecule has 3 aliphatic rings. The first-order valence-corrected chi connectivity index (χ1v) is 8.95. The van der Waals surface area contributed by atoms with Gasteiger partial charge in [-0.1, -0.05) is 26.2 Å². The third-order valence-corrected chi connectivity index (χ3v) is 5.73. The summed E-state index contributed by atoms with van der Waals surface area (Å²) < 4.78 is 0. The standard InChI is InChI=1S/C17H29N3O2.ClH/c1-12(14-9-18-10-14)16(21)19-15-7-8-20(11-15)17(22)13-5-3-2-4-6-13;/h12-15,18H,2-11H2,1H3,(H,19,21);1H. The number of rotatable bonds is 4. The molecule has 5 nitrogen and oxygen atoms in total. The summed E-state index contributed by atoms with van der Waals surface area (Å²) in [6.07, 6.45) is 6.67. The van der Waals surface area contributed by atoms with Crippen LogP contribution in [0.15, 0.2) is 0 Å². The Kier molecular flexibility index (Phi) is 6.72. The molecule has 2 atom stereocenters. The molecule has 3 rings (SSSR count). The second kappa shape index (κ2) is 8.34. The minimum Gasteiger partial charge on any atom is -0.351 e. The molecule has 2 unspecified atom stereocenters. The second-order valence-electron chi connectivity index (χ2n) is 7.32. The Morgan fingerprint density at radius 3 is 2.43 bits per heavy atom. The summed E-state index contributed by atoms with van der Waals surface area (Å²) in [5.41, 5.74) is 0. The highest BCUT2D eigenvalue weighted by atomic mass is 35.5. The first-order valence-electron chi connectivity index (χ1n) is 8.95. The van der Waals surface area contributed by atoms with Crippen LogP contribution in [0.3, 0.4) is 0 Å². The molecule has 23 heavy (non-hydrogen) atoms. The zero-order valence-electron chi connectivity index (χ0n) is 14.1. The zero-order valence-corrected chi connectivity index (χ0v) is 14.9. The van der Waals surface area contributed by atoms with Gasteiger partial charge in [-0.2, -0.15) is 0 Å². The number of carbonyl (C=O) groups is 2. The third-order valence-electron chi connectivity index (χ3n) is 5.73. The van der Waals surface area contributed by atoms with E-state index in [1.165, 1.54) is 19.3 Å². The number of nitrogens with zero attached hydrogens (tertiary/aromatic N) is 1. The lowest BCUT2D eigenvalue weighted by Gasteiger charge is -2.32. The number of amides is 2. The molecule has 2 amide bonds. The largest absolute Gasteiger partial charge is 0.351 e. The molecule has 0 aromatic heterocycles. The summed E-state index contributed by atoms with van der Waals surface area (Å²) in [5, 5.41) is 6.37. The van der Waals surface area contributed by atoms with E-state index in [0.29, 0.717) is 18.4 Å². The van der Waals surface area contributed by atoms with E-state index in [1.54, 1.807) is 0 Å². The van der Waals surface area contributed by atoms with Crippen molar-refractivity contribution < 1.29 is 9.59 Å². The van der Waals surface area contributed by atoms with E-state index in [-0.39, 0.29) is 36.2 Å². The predicted octanol–water partition coefficient (Wildman–Crippen LogP) is 1.56. The number of halogens is 1. The average Bonchev–Trinajstić information content (AvgIpc) is 2.94. The van der Waals surface area contributed by atoms with Gasteiger partial charge < -0.3 is 15.5 Å². The highest BCUT2D eigenvalue weighted by Crippen LogP contribution is 2.27. The Morgan fingerprint density at radius 1 is 1.13 bits per heavy atom. The van der Waals surface area contributed by atoms with Gasteiger partial charge in [-0.15, -0.1) is 12.4 Å². The van der Waals surface area contributed by atoms with Crippen molar-refractivity contribution in [1.82, 2.24) is 15.5 Å². The number of carbonyl (C=O) groups excluding carboxylic acids is 2. The number of hydrogen-bond donors (Lipinski definition) is 2. The van der Waals surface area contributed by atoms with Crippen molar-refractivity contribution in [3.8, 4) is 0 Å². The zero-order chi connectivity index (χ0) is 15.5. The van der Waals surface area contributed by atoms with Gasteiger partial charge in [0, 0.05) is 31.0 Å². The van der Waals surface area contributed by atoms with Gasteiger partial charge in [0.2, 0.25) is 11.8 Å². The molecule has 0 radical (unpaired) electrons. The molecule has 3 fully saturated rings. The van der Waals surface area contributed by atoms with Crippen molar-refractivity contribution in [1.29, 1.82) is 0 Å². The van der Waals surface area contributed by atoms with Crippen LogP contribution in [0.25, 0.3) is 0 Å². The average molecular weight is 344 g/mol. The highest BCUT2D eigenvalue weighted by Gasteiger charge is 2.34. The first-order chi connectivity index (χ1) is 10.6. The third kappa shape index (κ3) is 4.38. The van der Waals surface area contributed by atoms with Gasteiger partial charge in [-0.3, -0.25) is 9.59 Å². The van der Waals surface area contributed by atoms with Gasteiger partial charge in [-0.05, 0) is 38.3 Å². The Labute approximate surface area is 145 Å². The molecule has 1 aliphatic carbocycles. The first kappa shape index (κ1) is 18.5. The lowest BCUT2D eigenvalue weighted by Crippen LogP contribution is -2.51. The fourth-order valence-electron chi connectivity index (χ4n) is 3.90. The van der Waals surface area contributed by atoms with Crippen molar-refractivity contribution in [2.75, 3.05) is 26.2 Å². The van der Waals surface area contributed by atoms with Crippen molar-refractivity contribution in [3.05, 3.63) is 0 Å². The van der Waals surface area contributed by atoms with Crippen molar-refractivity contribution >= 4 is 24.2 Å². The molecule has 0 bridgehead atoms. The van der Waals surface area contributed by atoms with Gasteiger partial charge in [0.25, 0.3) is 0 Å². The Balaban J connectivity index is 0.00000192. The summed E-state index contributed by atoms with van der Waals surface area (Å²) >= 11 is 0. The maximum Gasteiger partial charge on any atom is 0.225 e. The molecule has 0 aromatic rings. The lowest BCUT2D eigenvalue weighted by molar-refractivity contribution is -0.136. The van der Waals surface area contributed by atoms with E-state index in [4.69, 9.17) is 0 Å². The molecule has 0 spiro atoms. The molecule has 1 saturated carbocycles. The summed E-state index contributed by atoms with van der Waals surface area (Å²) in [5.74, 6) is 1.27. The molecule has 2 heterocycles. The Hall–Kier alpha value is -0.810. The van der Waals surface area contributed by atoms with Crippen LogP contribution in [-0.4, -0.2) is 48.9 Å². The molecular weight excluding hydrogens is 314 g/mol. The van der Waals surface area contributed by atoms with Crippen molar-refractivity contribution in [3.63, 3.8) is 0 Å². The van der Waals surface area contributed by atoms with Gasteiger partial charge in [0.15, 0.2) is 0 Å². The Morgan fingerprint density at radius 2 is 1.83 bits per heavy atom. The second-order valence-corrected chi connectivity index (χ2v) is 7.32. The van der Waals surface area contributed by atoms with Crippen LogP contribution in [-0.2, 0) is 9.59 Å². The number of hydrogen-bond acceptors (Lipinski definition) is 3. The van der Waals surface area contributed by atoms with Crippen LogP contribution in [0.1, 0.15) is 45.4 Å². The Bertz CT molecular complexity index is 422. The summed E-state index contributed by atoms with van der Waals surface area (Å²) in [6, 6.07) is 0.149. The quantitative estimate of drug-likeness (QED) is 0.814. The van der Waals surface area contributed by atoms with Crippen molar-refractivity contribution in [2.24, 2.45) is 17.8 Å². The van der Waals surface area contributed by atoms with Gasteiger partial charge >= 0.3 is 0 Å². The van der Waals surface area contributed by atoms with E-state index in [1.807, 2.05) is 11.8 Å². The predicted molar refractivity (Wildman–Crippen MR) is 92.5 cm³/mol. The number of nitrogens with one attached hydrogen (secondary N) is 2. The normalized spacial score (nSPS) is 27.0. The summed E-state index contributed by atoms with van der Waals surface area (Å²) in [6.45, 7) is 5.42. The molecule has 0 aromatic carbocycles. The van der Waals surface area contributed by atoms with Gasteiger partial charge in [0.1, 0.15) is 0 Å². The van der Waals surface area contributed by atoms with Crippen LogP contribution < -0.4 is 10.6 Å². The molecule has 2 N–H and O–H groups in total. The SMILES string of the molecule is CC(C(=O)NC1CCN(C(=O)C2CCCCC2)C1)C1CNC1.Cl. The summed E-state index contributed by atoms with van der Waals surface area (Å²) in [4.78, 5) is 26.8.